The number of hydrogen-bond donors (Lipinski definition) is 3. The molecule has 0 bridgehead atoms. The summed E-state index contributed by atoms with van der Waals surface area (Å²) < 4.78 is 132. The number of alkyl halides is 5. The van der Waals surface area contributed by atoms with E-state index in [9.17, 15) is 40.3 Å². The first-order chi connectivity index (χ1) is 28.6. The predicted octanol–water partition coefficient (Wildman–Crippen LogP) is 6.77. The molecule has 0 radical (unpaired) electrons. The average molecular weight is 892 g/mol. The maximum atomic E-state index is 15.5. The first-order valence-electron chi connectivity index (χ1n) is 19.1. The van der Waals surface area contributed by atoms with Crippen LogP contribution in [0.3, 0.4) is 0 Å². The lowest BCUT2D eigenvalue weighted by molar-refractivity contribution is -0.142. The molecular weight excluding hydrogens is 856 g/mol. The minimum Gasteiger partial charge on any atom is -0.390 e. The summed E-state index contributed by atoms with van der Waals surface area (Å²) in [5.74, 6) is -8.97. The van der Waals surface area contributed by atoms with E-state index in [2.05, 4.69) is 20.2 Å². The highest BCUT2D eigenvalue weighted by Gasteiger charge is 2.68. The van der Waals surface area contributed by atoms with E-state index in [0.717, 1.165) is 18.4 Å². The summed E-state index contributed by atoms with van der Waals surface area (Å²) in [5, 5.41) is 22.1. The van der Waals surface area contributed by atoms with Crippen LogP contribution in [0.1, 0.15) is 66.4 Å². The number of rotatable bonds is 10. The van der Waals surface area contributed by atoms with Crippen molar-refractivity contribution in [1.29, 1.82) is 0 Å². The number of halogens is 7. The molecule has 1 saturated heterocycles. The van der Waals surface area contributed by atoms with Crippen LogP contribution in [0.4, 0.5) is 41.7 Å². The molecule has 22 heteroatoms. The summed E-state index contributed by atoms with van der Waals surface area (Å²) in [6.45, 7) is 1.65. The van der Waals surface area contributed by atoms with Gasteiger partial charge in [-0.15, -0.1) is 0 Å². The van der Waals surface area contributed by atoms with Crippen LogP contribution in [-0.4, -0.2) is 73.9 Å². The normalized spacial score (nSPS) is 19.9. The molecule has 9 rings (SSSR count). The van der Waals surface area contributed by atoms with Crippen molar-refractivity contribution in [1.82, 2.24) is 34.8 Å². The van der Waals surface area contributed by atoms with Gasteiger partial charge in [-0.1, -0.05) is 23.5 Å². The lowest BCUT2D eigenvalue weighted by atomic mass is 9.94. The number of nitrogens with one attached hydrogen (secondary N) is 2. The molecule has 1 unspecified atom stereocenters. The topological polar surface area (TPSA) is 160 Å². The maximum Gasteiger partial charge on any atom is 0.435 e. The van der Waals surface area contributed by atoms with Crippen LogP contribution in [0.5, 0.6) is 0 Å². The second-order valence-corrected chi connectivity index (χ2v) is 19.0. The van der Waals surface area contributed by atoms with Gasteiger partial charge in [-0.2, -0.15) is 37.1 Å². The molecule has 3 aliphatic rings. The van der Waals surface area contributed by atoms with Crippen LogP contribution in [0, 0.1) is 17.6 Å². The van der Waals surface area contributed by atoms with Gasteiger partial charge in [0.25, 0.3) is 5.92 Å². The lowest BCUT2D eigenvalue weighted by Gasteiger charge is -2.35. The molecule has 1 saturated carbocycles. The third-order valence-corrected chi connectivity index (χ3v) is 13.1. The number of hydrogen-bond acceptors (Lipinski definition) is 10. The van der Waals surface area contributed by atoms with E-state index >= 15 is 8.78 Å². The Morgan fingerprint density at radius 2 is 1.75 bits per heavy atom. The molecule has 0 spiro atoms. The number of sulfonamides is 1. The Morgan fingerprint density at radius 1 is 1.05 bits per heavy atom. The predicted molar refractivity (Wildman–Crippen MR) is 211 cm³/mol. The Kier molecular flexibility index (Phi) is 9.48. The summed E-state index contributed by atoms with van der Waals surface area (Å²) in [4.78, 5) is 25.8. The molecule has 3 atom stereocenters. The molecule has 61 heavy (non-hydrogen) atoms. The number of carbonyl (C=O) groups excluding carboxylic acids is 1. The van der Waals surface area contributed by atoms with Gasteiger partial charge in [0.05, 0.1) is 33.8 Å². The highest BCUT2D eigenvalue weighted by molar-refractivity contribution is 7.92. The SMILES string of the molecule is Cn1nc(NS(C)(=O)=O)c2cccc(-c3cc4sc(N5CCC(C)(O)CC5)nc4nc3C(Cc3cc(F)cc(F)c3)NC(=O)Cn3nc(C(F)(F)F)c4c3C(F)(F)[C@@H]3C[C@H]43)c21. The number of nitrogens with zero attached hydrogens (tertiary/aromatic N) is 7. The van der Waals surface area contributed by atoms with Gasteiger partial charge in [0, 0.05) is 54.2 Å². The fourth-order valence-electron chi connectivity index (χ4n) is 8.62. The molecule has 3 N–H and O–H groups in total. The van der Waals surface area contributed by atoms with Crippen LogP contribution in [0.15, 0.2) is 42.5 Å². The second kappa shape index (κ2) is 14.1. The van der Waals surface area contributed by atoms with Crippen LogP contribution < -0.4 is 14.9 Å². The molecular formula is C39H36F7N9O4S2. The Labute approximate surface area is 346 Å². The zero-order valence-corrected chi connectivity index (χ0v) is 34.1. The van der Waals surface area contributed by atoms with Gasteiger partial charge in [-0.25, -0.2) is 22.2 Å². The maximum absolute atomic E-state index is 15.5. The van der Waals surface area contributed by atoms with Crippen LogP contribution >= 0.6 is 11.3 Å². The molecule has 322 valence electrons. The van der Waals surface area contributed by atoms with E-state index in [4.69, 9.17) is 9.97 Å². The first kappa shape index (κ1) is 41.0. The fourth-order valence-corrected chi connectivity index (χ4v) is 10.1. The number of aliphatic hydroxyl groups is 1. The molecule has 2 aliphatic carbocycles. The van der Waals surface area contributed by atoms with Gasteiger partial charge < -0.3 is 15.3 Å². The van der Waals surface area contributed by atoms with Crippen molar-refractivity contribution in [2.45, 2.75) is 68.8 Å². The van der Waals surface area contributed by atoms with E-state index in [1.165, 1.54) is 16.0 Å². The Bertz CT molecular complexity index is 2860. The van der Waals surface area contributed by atoms with Crippen LogP contribution in [0.2, 0.25) is 0 Å². The smallest absolute Gasteiger partial charge is 0.390 e. The van der Waals surface area contributed by atoms with Crippen molar-refractivity contribution in [3.63, 3.8) is 0 Å². The number of aromatic nitrogens is 6. The number of piperidine rings is 1. The van der Waals surface area contributed by atoms with Crippen molar-refractivity contribution in [3.05, 3.63) is 82.3 Å². The molecule has 13 nitrogen and oxygen atoms in total. The number of para-hydroxylation sites is 1. The Balaban J connectivity index is 1.19. The van der Waals surface area contributed by atoms with E-state index in [-0.39, 0.29) is 35.6 Å². The number of anilines is 2. The van der Waals surface area contributed by atoms with Gasteiger partial charge in [0.15, 0.2) is 22.3 Å². The van der Waals surface area contributed by atoms with E-state index in [0.29, 0.717) is 68.5 Å². The van der Waals surface area contributed by atoms with Crippen molar-refractivity contribution in [2.24, 2.45) is 13.0 Å². The zero-order valence-electron chi connectivity index (χ0n) is 32.5. The summed E-state index contributed by atoms with van der Waals surface area (Å²) in [6, 6.07) is 8.06. The monoisotopic (exact) mass is 891 g/mol. The summed E-state index contributed by atoms with van der Waals surface area (Å²) in [7, 11) is -2.21. The number of amides is 1. The molecule has 6 aromatic rings. The van der Waals surface area contributed by atoms with Crippen LogP contribution in [0.25, 0.3) is 32.4 Å². The number of pyridine rings is 1. The molecule has 2 fully saturated rings. The number of carbonyl (C=O) groups is 1. The van der Waals surface area contributed by atoms with Gasteiger partial charge in [-0.05, 0) is 68.4 Å². The average Bonchev–Trinajstić information content (AvgIpc) is 3.41. The third kappa shape index (κ3) is 7.55. The zero-order chi connectivity index (χ0) is 43.6. The number of thiazole rings is 1. The van der Waals surface area contributed by atoms with Crippen molar-refractivity contribution in [2.75, 3.05) is 29.0 Å². The third-order valence-electron chi connectivity index (χ3n) is 11.5. The highest BCUT2D eigenvalue weighted by atomic mass is 32.2. The van der Waals surface area contributed by atoms with E-state index in [1.807, 2.05) is 4.90 Å². The van der Waals surface area contributed by atoms with Crippen LogP contribution in [-0.2, 0) is 46.9 Å². The Morgan fingerprint density at radius 3 is 2.43 bits per heavy atom. The summed E-state index contributed by atoms with van der Waals surface area (Å²) in [5.41, 5.74) is -2.46. The number of fused-ring (bicyclic) bond motifs is 5. The largest absolute Gasteiger partial charge is 0.435 e. The van der Waals surface area contributed by atoms with Gasteiger partial charge in [0.2, 0.25) is 15.9 Å². The van der Waals surface area contributed by atoms with E-state index in [1.54, 1.807) is 38.2 Å². The first-order valence-corrected chi connectivity index (χ1v) is 21.8. The minimum atomic E-state index is -5.07. The summed E-state index contributed by atoms with van der Waals surface area (Å²) in [6.07, 6.45) is -3.66. The van der Waals surface area contributed by atoms with Gasteiger partial charge in [-0.3, -0.25) is 18.9 Å². The molecule has 1 aliphatic heterocycles. The molecule has 4 aromatic heterocycles. The standard InChI is InChI=1S/C39H36F7N9O4S2/c1-37(57)7-9-54(10-8-37)36-49-35-27(60-36)16-23(21-5-4-6-22-31(21)53(2)51-34(22)52-61(3,58)59)30(48-35)26(13-18-11-19(40)14-20(41)12-18)47-28(56)17-55-33-29(32(50-55)39(44,45)46)24-15-25(24)38(33,42)43/h4-6,11-12,14,16,24-26,57H,7-10,13,15,17H2,1-3H3,(H,47,56)(H,51,52)/t24-,25+,26?/m0/s1. The fraction of sp³-hybridized carbons (Fsp3) is 0.410. The highest BCUT2D eigenvalue weighted by Crippen LogP contribution is 2.68. The van der Waals surface area contributed by atoms with Gasteiger partial charge >= 0.3 is 6.18 Å². The van der Waals surface area contributed by atoms with Gasteiger partial charge in [0.1, 0.15) is 23.9 Å². The minimum absolute atomic E-state index is 0.0120. The lowest BCUT2D eigenvalue weighted by Crippen LogP contribution is -2.42. The van der Waals surface area contributed by atoms with Crippen molar-refractivity contribution < 1.29 is 49.1 Å². The molecule has 5 heterocycles. The van der Waals surface area contributed by atoms with Crippen molar-refractivity contribution in [3.8, 4) is 11.1 Å². The molecule has 2 aromatic carbocycles. The molecule has 1 amide bonds. The van der Waals surface area contributed by atoms with E-state index < -0.39 is 86.6 Å². The van der Waals surface area contributed by atoms with Crippen molar-refractivity contribution >= 4 is 59.5 Å². The second-order valence-electron chi connectivity index (χ2n) is 16.2. The summed E-state index contributed by atoms with van der Waals surface area (Å²) >= 11 is 1.29. The number of aryl methyl sites for hydroxylation is 1. The Hall–Kier alpha value is -5.35. The number of benzene rings is 2. The quantitative estimate of drug-likeness (QED) is 0.126.